The zero-order valence-corrected chi connectivity index (χ0v) is 30.5. The molecule has 0 atom stereocenters. The van der Waals surface area contributed by atoms with E-state index in [0.717, 1.165) is 17.1 Å². The van der Waals surface area contributed by atoms with Crippen molar-refractivity contribution in [3.63, 3.8) is 0 Å². The first kappa shape index (κ1) is 32.1. The van der Waals surface area contributed by atoms with Crippen LogP contribution in [0.25, 0.3) is 49.7 Å². The summed E-state index contributed by atoms with van der Waals surface area (Å²) in [6.07, 6.45) is 2.38. The number of hydrogen-bond donors (Lipinski definition) is 0. The van der Waals surface area contributed by atoms with Gasteiger partial charge in [-0.05, 0) is 106 Å². The van der Waals surface area contributed by atoms with Crippen LogP contribution < -0.4 is 4.90 Å². The molecule has 0 unspecified atom stereocenters. The van der Waals surface area contributed by atoms with Crippen LogP contribution in [0.1, 0.15) is 51.7 Å². The molecule has 2 heteroatoms. The number of para-hydroxylation sites is 2. The average molecular weight is 673 g/mol. The van der Waals surface area contributed by atoms with Gasteiger partial charge in [-0.25, -0.2) is 0 Å². The van der Waals surface area contributed by atoms with E-state index < -0.39 is 0 Å². The Labute approximate surface area is 307 Å². The molecule has 1 aromatic heterocycles. The lowest BCUT2D eigenvalue weighted by molar-refractivity contribution is 0.332. The predicted molar refractivity (Wildman–Crippen MR) is 222 cm³/mol. The lowest BCUT2D eigenvalue weighted by Crippen LogP contribution is -2.33. The van der Waals surface area contributed by atoms with Crippen LogP contribution in [-0.2, 0) is 10.8 Å². The Balaban J connectivity index is 1.29. The molecule has 254 valence electrons. The molecule has 7 aromatic carbocycles. The standard InChI is InChI=1S/C50H44N2/c1-49(2)32-33-50(3,4)45-34-41(30-31-44(45)49)52-46-20-12-11-18-42(46)43-19-13-21-47(48(43)52)51(39-26-22-37(23-27-39)35-14-7-5-8-15-35)40-28-24-38(25-29-40)36-16-9-6-10-17-36/h5-31,34H,32-33H2,1-4H3. The summed E-state index contributed by atoms with van der Waals surface area (Å²) in [5.74, 6) is 0. The number of anilines is 3. The summed E-state index contributed by atoms with van der Waals surface area (Å²) < 4.78 is 2.52. The molecule has 2 nitrogen and oxygen atoms in total. The second-order valence-corrected chi connectivity index (χ2v) is 15.7. The number of fused-ring (bicyclic) bond motifs is 4. The van der Waals surface area contributed by atoms with Gasteiger partial charge in [0, 0.05) is 27.8 Å². The monoisotopic (exact) mass is 672 g/mol. The van der Waals surface area contributed by atoms with E-state index in [9.17, 15) is 0 Å². The van der Waals surface area contributed by atoms with Crippen LogP contribution >= 0.6 is 0 Å². The molecule has 0 aliphatic heterocycles. The molecular weight excluding hydrogens is 629 g/mol. The van der Waals surface area contributed by atoms with E-state index in [-0.39, 0.29) is 10.8 Å². The van der Waals surface area contributed by atoms with Gasteiger partial charge in [0.05, 0.1) is 16.7 Å². The zero-order chi connectivity index (χ0) is 35.5. The summed E-state index contributed by atoms with van der Waals surface area (Å²) in [6, 6.07) is 62.3. The lowest BCUT2D eigenvalue weighted by Gasteiger charge is -2.42. The molecule has 1 aliphatic carbocycles. The number of benzene rings is 7. The third-order valence-corrected chi connectivity index (χ3v) is 11.5. The summed E-state index contributed by atoms with van der Waals surface area (Å²) in [6.45, 7) is 9.65. The molecule has 8 aromatic rings. The van der Waals surface area contributed by atoms with Gasteiger partial charge >= 0.3 is 0 Å². The van der Waals surface area contributed by atoms with Gasteiger partial charge in [-0.2, -0.15) is 0 Å². The Morgan fingerprint density at radius 1 is 0.442 bits per heavy atom. The van der Waals surface area contributed by atoms with Crippen LogP contribution in [-0.4, -0.2) is 4.57 Å². The smallest absolute Gasteiger partial charge is 0.0782 e. The molecule has 0 amide bonds. The van der Waals surface area contributed by atoms with Crippen molar-refractivity contribution in [1.82, 2.24) is 4.57 Å². The number of rotatable bonds is 6. The average Bonchev–Trinajstić information content (AvgIpc) is 3.53. The van der Waals surface area contributed by atoms with E-state index in [1.165, 1.54) is 73.7 Å². The SMILES string of the molecule is CC1(C)CCC(C)(C)c2cc(-n3c4ccccc4c4cccc(N(c5ccc(-c6ccccc6)cc5)c5ccc(-c6ccccc6)cc5)c43)ccc21. The largest absolute Gasteiger partial charge is 0.308 e. The molecule has 0 bridgehead atoms. The van der Waals surface area contributed by atoms with Gasteiger partial charge in [0.2, 0.25) is 0 Å². The fraction of sp³-hybridized carbons (Fsp3) is 0.160. The second-order valence-electron chi connectivity index (χ2n) is 15.7. The molecule has 0 N–H and O–H groups in total. The van der Waals surface area contributed by atoms with Gasteiger partial charge in [0.1, 0.15) is 0 Å². The van der Waals surface area contributed by atoms with Crippen molar-refractivity contribution in [2.75, 3.05) is 4.90 Å². The van der Waals surface area contributed by atoms with Gasteiger partial charge in [-0.15, -0.1) is 0 Å². The molecule has 1 aliphatic rings. The summed E-state index contributed by atoms with van der Waals surface area (Å²) in [5.41, 5.74) is 15.1. The minimum atomic E-state index is 0.107. The van der Waals surface area contributed by atoms with E-state index in [4.69, 9.17) is 0 Å². The molecule has 9 rings (SSSR count). The minimum absolute atomic E-state index is 0.107. The van der Waals surface area contributed by atoms with E-state index >= 15 is 0 Å². The Morgan fingerprint density at radius 2 is 0.942 bits per heavy atom. The maximum Gasteiger partial charge on any atom is 0.0782 e. The Kier molecular flexibility index (Phi) is 7.66. The fourth-order valence-electron chi connectivity index (χ4n) is 8.46. The van der Waals surface area contributed by atoms with Gasteiger partial charge in [0.15, 0.2) is 0 Å². The number of hydrogen-bond acceptors (Lipinski definition) is 1. The predicted octanol–water partition coefficient (Wildman–Crippen LogP) is 13.9. The normalized spacial score (nSPS) is 14.7. The summed E-state index contributed by atoms with van der Waals surface area (Å²) in [7, 11) is 0. The highest BCUT2D eigenvalue weighted by Crippen LogP contribution is 2.48. The topological polar surface area (TPSA) is 8.17 Å². The highest BCUT2D eigenvalue weighted by molar-refractivity contribution is 6.14. The van der Waals surface area contributed by atoms with Gasteiger partial charge in [-0.1, -0.05) is 149 Å². The van der Waals surface area contributed by atoms with Crippen molar-refractivity contribution in [1.29, 1.82) is 0 Å². The molecule has 1 heterocycles. The van der Waals surface area contributed by atoms with Gasteiger partial charge in [0.25, 0.3) is 0 Å². The summed E-state index contributed by atoms with van der Waals surface area (Å²) in [4.78, 5) is 2.44. The van der Waals surface area contributed by atoms with E-state index in [1.54, 1.807) is 0 Å². The van der Waals surface area contributed by atoms with Crippen molar-refractivity contribution in [3.8, 4) is 27.9 Å². The molecule has 0 radical (unpaired) electrons. The number of nitrogens with zero attached hydrogens (tertiary/aromatic N) is 2. The van der Waals surface area contributed by atoms with Crippen molar-refractivity contribution in [3.05, 3.63) is 181 Å². The molecule has 0 spiro atoms. The second kappa shape index (κ2) is 12.4. The highest BCUT2D eigenvalue weighted by Gasteiger charge is 2.37. The maximum atomic E-state index is 2.52. The first-order valence-corrected chi connectivity index (χ1v) is 18.6. The van der Waals surface area contributed by atoms with Crippen LogP contribution in [0, 0.1) is 0 Å². The van der Waals surface area contributed by atoms with Crippen LogP contribution in [0.5, 0.6) is 0 Å². The quantitative estimate of drug-likeness (QED) is 0.171. The third-order valence-electron chi connectivity index (χ3n) is 11.5. The molecule has 0 saturated heterocycles. The minimum Gasteiger partial charge on any atom is -0.308 e. The van der Waals surface area contributed by atoms with Gasteiger partial charge in [-0.3, -0.25) is 0 Å². The van der Waals surface area contributed by atoms with Crippen molar-refractivity contribution in [2.45, 2.75) is 51.4 Å². The maximum absolute atomic E-state index is 2.52. The van der Waals surface area contributed by atoms with Gasteiger partial charge < -0.3 is 9.47 Å². The van der Waals surface area contributed by atoms with Crippen LogP contribution in [0.15, 0.2) is 170 Å². The van der Waals surface area contributed by atoms with E-state index in [0.29, 0.717) is 0 Å². The van der Waals surface area contributed by atoms with Crippen LogP contribution in [0.4, 0.5) is 17.1 Å². The van der Waals surface area contributed by atoms with Crippen molar-refractivity contribution >= 4 is 38.9 Å². The Bertz CT molecular complexity index is 2450. The molecular formula is C50H44N2. The fourth-order valence-corrected chi connectivity index (χ4v) is 8.46. The molecule has 0 saturated carbocycles. The highest BCUT2D eigenvalue weighted by atomic mass is 15.2. The molecule has 0 fully saturated rings. The first-order valence-electron chi connectivity index (χ1n) is 18.6. The zero-order valence-electron chi connectivity index (χ0n) is 30.5. The van der Waals surface area contributed by atoms with Crippen molar-refractivity contribution < 1.29 is 0 Å². The van der Waals surface area contributed by atoms with E-state index in [2.05, 4.69) is 207 Å². The van der Waals surface area contributed by atoms with Crippen LogP contribution in [0.2, 0.25) is 0 Å². The third kappa shape index (κ3) is 5.42. The summed E-state index contributed by atoms with van der Waals surface area (Å²) >= 11 is 0. The summed E-state index contributed by atoms with van der Waals surface area (Å²) in [5, 5.41) is 2.51. The first-order chi connectivity index (χ1) is 25.3. The number of aromatic nitrogens is 1. The van der Waals surface area contributed by atoms with Crippen LogP contribution in [0.3, 0.4) is 0 Å². The Morgan fingerprint density at radius 3 is 1.54 bits per heavy atom. The molecule has 52 heavy (non-hydrogen) atoms. The van der Waals surface area contributed by atoms with Crippen molar-refractivity contribution in [2.24, 2.45) is 0 Å². The lowest BCUT2D eigenvalue weighted by atomic mass is 9.63. The van der Waals surface area contributed by atoms with E-state index in [1.807, 2.05) is 0 Å². The Hall–Kier alpha value is -5.86.